The molecule has 1 atom stereocenters. The van der Waals surface area contributed by atoms with Crippen LogP contribution in [0.15, 0.2) is 24.3 Å². The average Bonchev–Trinajstić information content (AvgIpc) is 2.73. The molecule has 5 nitrogen and oxygen atoms in total. The summed E-state index contributed by atoms with van der Waals surface area (Å²) in [6.45, 7) is 1.25. The highest BCUT2D eigenvalue weighted by Gasteiger charge is 2.22. The minimum atomic E-state index is -0.0833. The number of anilines is 1. The first kappa shape index (κ1) is 15.5. The first-order valence-corrected chi connectivity index (χ1v) is 7.38. The Morgan fingerprint density at radius 2 is 2.10 bits per heavy atom. The second-order valence-corrected chi connectivity index (χ2v) is 5.39. The first-order chi connectivity index (χ1) is 10.2. The topological polar surface area (TPSA) is 76.4 Å². The lowest BCUT2D eigenvalue weighted by atomic mass is 10.1. The van der Waals surface area contributed by atoms with Crippen LogP contribution < -0.4 is 5.32 Å². The maximum Gasteiger partial charge on any atom is 0.238 e. The predicted octanol–water partition coefficient (Wildman–Crippen LogP) is 1.73. The highest BCUT2D eigenvalue weighted by atomic mass is 16.3. The summed E-state index contributed by atoms with van der Waals surface area (Å²) in [6, 6.07) is 8.93. The summed E-state index contributed by atoms with van der Waals surface area (Å²) in [5.41, 5.74) is 1.26. The van der Waals surface area contributed by atoms with Gasteiger partial charge in [0.05, 0.1) is 24.8 Å². The van der Waals surface area contributed by atoms with Crippen molar-refractivity contribution in [2.24, 2.45) is 0 Å². The van der Waals surface area contributed by atoms with Crippen LogP contribution in [-0.4, -0.2) is 41.7 Å². The Morgan fingerprint density at radius 1 is 1.33 bits per heavy atom. The molecule has 1 aliphatic heterocycles. The van der Waals surface area contributed by atoms with Crippen molar-refractivity contribution < 1.29 is 9.90 Å². The molecule has 0 aliphatic carbocycles. The van der Waals surface area contributed by atoms with Crippen LogP contribution >= 0.6 is 0 Å². The molecule has 0 spiro atoms. The van der Waals surface area contributed by atoms with Crippen molar-refractivity contribution in [3.05, 3.63) is 29.8 Å². The molecule has 1 unspecified atom stereocenters. The van der Waals surface area contributed by atoms with E-state index in [0.717, 1.165) is 32.2 Å². The number of hydrogen-bond donors (Lipinski definition) is 2. The van der Waals surface area contributed by atoms with E-state index in [1.165, 1.54) is 0 Å². The normalized spacial score (nSPS) is 19.5. The van der Waals surface area contributed by atoms with E-state index in [2.05, 4.69) is 10.2 Å². The predicted molar refractivity (Wildman–Crippen MR) is 80.7 cm³/mol. The fraction of sp³-hybridized carbons (Fsp3) is 0.500. The average molecular weight is 287 g/mol. The molecule has 1 aromatic rings. The van der Waals surface area contributed by atoms with Crippen molar-refractivity contribution in [3.63, 3.8) is 0 Å². The number of aliphatic hydroxyl groups excluding tert-OH is 1. The van der Waals surface area contributed by atoms with Gasteiger partial charge < -0.3 is 10.4 Å². The van der Waals surface area contributed by atoms with E-state index in [9.17, 15) is 9.90 Å². The van der Waals surface area contributed by atoms with Gasteiger partial charge in [0.25, 0.3) is 0 Å². The van der Waals surface area contributed by atoms with Gasteiger partial charge in [0.2, 0.25) is 5.91 Å². The quantitative estimate of drug-likeness (QED) is 0.884. The SMILES string of the molecule is N#Cc1ccc(NC(=O)CN2CCCCCC2CO)cc1. The Hall–Kier alpha value is -1.90. The zero-order valence-electron chi connectivity index (χ0n) is 12.1. The smallest absolute Gasteiger partial charge is 0.238 e. The van der Waals surface area contributed by atoms with Gasteiger partial charge in [-0.05, 0) is 43.7 Å². The van der Waals surface area contributed by atoms with Crippen molar-refractivity contribution in [2.45, 2.75) is 31.7 Å². The van der Waals surface area contributed by atoms with E-state index in [1.807, 2.05) is 6.07 Å². The number of benzene rings is 1. The molecule has 0 bridgehead atoms. The molecule has 1 amide bonds. The number of carbonyl (C=O) groups excluding carboxylic acids is 1. The molecular weight excluding hydrogens is 266 g/mol. The third-order valence-corrected chi connectivity index (χ3v) is 3.85. The largest absolute Gasteiger partial charge is 0.395 e. The third kappa shape index (κ3) is 4.55. The molecule has 1 aliphatic rings. The van der Waals surface area contributed by atoms with Gasteiger partial charge in [0.15, 0.2) is 0 Å². The molecule has 21 heavy (non-hydrogen) atoms. The molecule has 1 aromatic carbocycles. The van der Waals surface area contributed by atoms with Gasteiger partial charge in [0, 0.05) is 11.7 Å². The number of nitrogens with one attached hydrogen (secondary N) is 1. The van der Waals surface area contributed by atoms with Crippen LogP contribution in [0.1, 0.15) is 31.2 Å². The van der Waals surface area contributed by atoms with Crippen molar-refractivity contribution in [1.82, 2.24) is 4.90 Å². The van der Waals surface area contributed by atoms with Crippen LogP contribution in [0.3, 0.4) is 0 Å². The lowest BCUT2D eigenvalue weighted by Crippen LogP contribution is -2.42. The van der Waals surface area contributed by atoms with E-state index in [0.29, 0.717) is 17.8 Å². The number of aliphatic hydroxyl groups is 1. The fourth-order valence-electron chi connectivity index (χ4n) is 2.66. The zero-order valence-corrected chi connectivity index (χ0v) is 12.1. The molecule has 0 saturated carbocycles. The van der Waals surface area contributed by atoms with Gasteiger partial charge in [0.1, 0.15) is 0 Å². The fourth-order valence-corrected chi connectivity index (χ4v) is 2.66. The summed E-state index contributed by atoms with van der Waals surface area (Å²) in [5, 5.41) is 21.0. The second-order valence-electron chi connectivity index (χ2n) is 5.39. The Morgan fingerprint density at radius 3 is 2.76 bits per heavy atom. The summed E-state index contributed by atoms with van der Waals surface area (Å²) in [4.78, 5) is 14.2. The highest BCUT2D eigenvalue weighted by Crippen LogP contribution is 2.16. The number of nitriles is 1. The van der Waals surface area contributed by atoms with Gasteiger partial charge in [-0.2, -0.15) is 5.26 Å². The number of rotatable bonds is 4. The first-order valence-electron chi connectivity index (χ1n) is 7.38. The van der Waals surface area contributed by atoms with Crippen LogP contribution in [0.5, 0.6) is 0 Å². The van der Waals surface area contributed by atoms with E-state index in [4.69, 9.17) is 5.26 Å². The maximum atomic E-state index is 12.1. The monoisotopic (exact) mass is 287 g/mol. The van der Waals surface area contributed by atoms with Gasteiger partial charge in [-0.25, -0.2) is 0 Å². The summed E-state index contributed by atoms with van der Waals surface area (Å²) < 4.78 is 0. The molecule has 0 aromatic heterocycles. The Bertz CT molecular complexity index is 507. The van der Waals surface area contributed by atoms with Crippen LogP contribution in [-0.2, 0) is 4.79 Å². The number of carbonyl (C=O) groups is 1. The standard InChI is InChI=1S/C16H21N3O2/c17-10-13-5-7-14(8-6-13)18-16(21)11-19-9-3-1-2-4-15(19)12-20/h5-8,15,20H,1-4,9,11-12H2,(H,18,21). The second kappa shape index (κ2) is 7.77. The minimum Gasteiger partial charge on any atom is -0.395 e. The third-order valence-electron chi connectivity index (χ3n) is 3.85. The summed E-state index contributed by atoms with van der Waals surface area (Å²) >= 11 is 0. The Kier molecular flexibility index (Phi) is 5.73. The van der Waals surface area contributed by atoms with Crippen molar-refractivity contribution >= 4 is 11.6 Å². The van der Waals surface area contributed by atoms with Crippen molar-refractivity contribution in [2.75, 3.05) is 25.0 Å². The molecule has 0 radical (unpaired) electrons. The Balaban J connectivity index is 1.91. The maximum absolute atomic E-state index is 12.1. The molecular formula is C16H21N3O2. The van der Waals surface area contributed by atoms with Crippen LogP contribution in [0.2, 0.25) is 0 Å². The highest BCUT2D eigenvalue weighted by molar-refractivity contribution is 5.92. The molecule has 112 valence electrons. The van der Waals surface area contributed by atoms with Crippen LogP contribution in [0, 0.1) is 11.3 Å². The molecule has 1 heterocycles. The van der Waals surface area contributed by atoms with Gasteiger partial charge in [-0.1, -0.05) is 12.8 Å². The lowest BCUT2D eigenvalue weighted by molar-refractivity contribution is -0.118. The Labute approximate surface area is 125 Å². The van der Waals surface area contributed by atoms with Crippen LogP contribution in [0.4, 0.5) is 5.69 Å². The summed E-state index contributed by atoms with van der Waals surface area (Å²) in [7, 11) is 0. The molecule has 5 heteroatoms. The molecule has 1 fully saturated rings. The zero-order chi connectivity index (χ0) is 15.1. The minimum absolute atomic E-state index is 0.0826. The van der Waals surface area contributed by atoms with Gasteiger partial charge in [-0.3, -0.25) is 9.69 Å². The number of hydrogen-bond acceptors (Lipinski definition) is 4. The van der Waals surface area contributed by atoms with E-state index >= 15 is 0 Å². The summed E-state index contributed by atoms with van der Waals surface area (Å²) in [5.74, 6) is -0.0833. The lowest BCUT2D eigenvalue weighted by Gasteiger charge is -2.27. The van der Waals surface area contributed by atoms with Crippen molar-refractivity contribution in [3.8, 4) is 6.07 Å². The van der Waals surface area contributed by atoms with E-state index < -0.39 is 0 Å². The van der Waals surface area contributed by atoms with E-state index in [-0.39, 0.29) is 18.6 Å². The number of nitrogens with zero attached hydrogens (tertiary/aromatic N) is 2. The molecule has 1 saturated heterocycles. The molecule has 2 N–H and O–H groups in total. The summed E-state index contributed by atoms with van der Waals surface area (Å²) in [6.07, 6.45) is 4.28. The van der Waals surface area contributed by atoms with Gasteiger partial charge in [-0.15, -0.1) is 0 Å². The van der Waals surface area contributed by atoms with Crippen LogP contribution in [0.25, 0.3) is 0 Å². The number of likely N-dealkylation sites (tertiary alicyclic amines) is 1. The van der Waals surface area contributed by atoms with Gasteiger partial charge >= 0.3 is 0 Å². The number of amides is 1. The van der Waals surface area contributed by atoms with Crippen molar-refractivity contribution in [1.29, 1.82) is 5.26 Å². The molecule has 2 rings (SSSR count). The van der Waals surface area contributed by atoms with E-state index in [1.54, 1.807) is 24.3 Å².